The number of carbonyl (C=O) groups excluding carboxylic acids is 1. The highest BCUT2D eigenvalue weighted by Gasteiger charge is 2.10. The molecule has 4 rings (SSSR count). The summed E-state index contributed by atoms with van der Waals surface area (Å²) < 4.78 is 3.44. The van der Waals surface area contributed by atoms with Crippen LogP contribution in [0, 0.1) is 0 Å². The van der Waals surface area contributed by atoms with E-state index in [9.17, 15) is 4.79 Å². The van der Waals surface area contributed by atoms with E-state index in [1.54, 1.807) is 27.8 Å². The van der Waals surface area contributed by atoms with Crippen LogP contribution in [-0.2, 0) is 6.54 Å². The van der Waals surface area contributed by atoms with Gasteiger partial charge in [0, 0.05) is 17.8 Å². The number of aryl methyl sites for hydroxylation is 1. The van der Waals surface area contributed by atoms with Crippen molar-refractivity contribution >= 4 is 22.6 Å². The molecule has 0 spiro atoms. The normalized spacial score (nSPS) is 10.9. The van der Waals surface area contributed by atoms with Crippen LogP contribution >= 0.6 is 0 Å². The van der Waals surface area contributed by atoms with Crippen molar-refractivity contribution in [1.82, 2.24) is 29.8 Å². The van der Waals surface area contributed by atoms with E-state index in [4.69, 9.17) is 0 Å². The van der Waals surface area contributed by atoms with Crippen LogP contribution in [-0.4, -0.2) is 35.7 Å². The quantitative estimate of drug-likeness (QED) is 0.619. The molecule has 0 fully saturated rings. The topological polar surface area (TPSA) is 90.5 Å². The van der Waals surface area contributed by atoms with E-state index >= 15 is 0 Å². The molecule has 0 atom stereocenters. The van der Waals surface area contributed by atoms with Gasteiger partial charge in [0.2, 0.25) is 0 Å². The maximum absolute atomic E-state index is 12.5. The van der Waals surface area contributed by atoms with Gasteiger partial charge in [-0.1, -0.05) is 5.21 Å². The zero-order chi connectivity index (χ0) is 17.2. The number of hydrogen-bond acceptors (Lipinski definition) is 5. The lowest BCUT2D eigenvalue weighted by Crippen LogP contribution is -2.11. The van der Waals surface area contributed by atoms with E-state index in [2.05, 4.69) is 25.7 Å². The van der Waals surface area contributed by atoms with Gasteiger partial charge < -0.3 is 5.32 Å². The van der Waals surface area contributed by atoms with Crippen molar-refractivity contribution in [3.05, 3.63) is 60.7 Å². The molecule has 0 unspecified atom stereocenters. The fraction of sp³-hybridized carbons (Fsp3) is 0.118. The molecule has 0 saturated heterocycles. The Kier molecular flexibility index (Phi) is 3.70. The SMILES string of the molecule is CCn1nnc2cc(C(=O)Nc3ccc(-n4cncn4)cc3)ccc21. The minimum Gasteiger partial charge on any atom is -0.322 e. The van der Waals surface area contributed by atoms with E-state index in [0.717, 1.165) is 17.7 Å². The first kappa shape index (κ1) is 15.0. The maximum Gasteiger partial charge on any atom is 0.255 e. The van der Waals surface area contributed by atoms with Crippen LogP contribution in [0.4, 0.5) is 5.69 Å². The van der Waals surface area contributed by atoms with E-state index in [0.29, 0.717) is 16.8 Å². The van der Waals surface area contributed by atoms with Crippen LogP contribution in [0.1, 0.15) is 17.3 Å². The predicted octanol–water partition coefficient (Wildman–Crippen LogP) is 2.28. The third-order valence-corrected chi connectivity index (χ3v) is 3.88. The third-order valence-electron chi connectivity index (χ3n) is 3.88. The van der Waals surface area contributed by atoms with Gasteiger partial charge in [-0.15, -0.1) is 5.10 Å². The van der Waals surface area contributed by atoms with Crippen molar-refractivity contribution < 1.29 is 4.79 Å². The van der Waals surface area contributed by atoms with Gasteiger partial charge in [0.25, 0.3) is 5.91 Å². The van der Waals surface area contributed by atoms with Crippen molar-refractivity contribution in [3.63, 3.8) is 0 Å². The van der Waals surface area contributed by atoms with Gasteiger partial charge in [-0.2, -0.15) is 5.10 Å². The number of hydrogen-bond donors (Lipinski definition) is 1. The molecular weight excluding hydrogens is 318 g/mol. The Hall–Kier alpha value is -3.55. The number of anilines is 1. The molecule has 0 radical (unpaired) electrons. The highest BCUT2D eigenvalue weighted by Crippen LogP contribution is 2.16. The van der Waals surface area contributed by atoms with Crippen molar-refractivity contribution in [2.75, 3.05) is 5.32 Å². The molecule has 0 aliphatic rings. The lowest BCUT2D eigenvalue weighted by Gasteiger charge is -2.07. The summed E-state index contributed by atoms with van der Waals surface area (Å²) >= 11 is 0. The van der Waals surface area contributed by atoms with Crippen LogP contribution in [0.25, 0.3) is 16.7 Å². The fourth-order valence-corrected chi connectivity index (χ4v) is 2.59. The average molecular weight is 333 g/mol. The van der Waals surface area contributed by atoms with E-state index in [1.165, 1.54) is 6.33 Å². The monoisotopic (exact) mass is 333 g/mol. The molecule has 1 N–H and O–H groups in total. The summed E-state index contributed by atoms with van der Waals surface area (Å²) in [5.41, 5.74) is 3.72. The lowest BCUT2D eigenvalue weighted by atomic mass is 10.1. The summed E-state index contributed by atoms with van der Waals surface area (Å²) in [6.45, 7) is 2.73. The van der Waals surface area contributed by atoms with Gasteiger partial charge in [0.1, 0.15) is 18.2 Å². The zero-order valence-electron chi connectivity index (χ0n) is 13.5. The van der Waals surface area contributed by atoms with Crippen LogP contribution < -0.4 is 5.32 Å². The number of benzene rings is 2. The fourth-order valence-electron chi connectivity index (χ4n) is 2.59. The second-order valence-corrected chi connectivity index (χ2v) is 5.45. The molecule has 8 nitrogen and oxygen atoms in total. The molecule has 0 saturated carbocycles. The predicted molar refractivity (Wildman–Crippen MR) is 92.5 cm³/mol. The highest BCUT2D eigenvalue weighted by molar-refractivity contribution is 6.05. The Labute approximate surface area is 143 Å². The van der Waals surface area contributed by atoms with E-state index in [1.807, 2.05) is 37.3 Å². The van der Waals surface area contributed by atoms with E-state index < -0.39 is 0 Å². The van der Waals surface area contributed by atoms with Gasteiger partial charge in [-0.3, -0.25) is 4.79 Å². The molecule has 2 aromatic carbocycles. The zero-order valence-corrected chi connectivity index (χ0v) is 13.5. The molecule has 1 amide bonds. The second kappa shape index (κ2) is 6.16. The lowest BCUT2D eigenvalue weighted by molar-refractivity contribution is 0.102. The maximum atomic E-state index is 12.5. The molecular formula is C17H15N7O. The Morgan fingerprint density at radius 1 is 1.16 bits per heavy atom. The average Bonchev–Trinajstić information content (AvgIpc) is 3.31. The van der Waals surface area contributed by atoms with E-state index in [-0.39, 0.29) is 5.91 Å². The molecule has 0 aliphatic heterocycles. The van der Waals surface area contributed by atoms with Crippen LogP contribution in [0.2, 0.25) is 0 Å². The number of nitrogens with zero attached hydrogens (tertiary/aromatic N) is 6. The minimum absolute atomic E-state index is 0.193. The number of carbonyl (C=O) groups is 1. The first-order chi connectivity index (χ1) is 12.2. The minimum atomic E-state index is -0.193. The van der Waals surface area contributed by atoms with Gasteiger partial charge >= 0.3 is 0 Å². The number of amides is 1. The molecule has 2 aromatic heterocycles. The first-order valence-corrected chi connectivity index (χ1v) is 7.84. The smallest absolute Gasteiger partial charge is 0.255 e. The van der Waals surface area contributed by atoms with Crippen LogP contribution in [0.3, 0.4) is 0 Å². The molecule has 4 aromatic rings. The first-order valence-electron chi connectivity index (χ1n) is 7.84. The highest BCUT2D eigenvalue weighted by atomic mass is 16.1. The van der Waals surface area contributed by atoms with Crippen molar-refractivity contribution in [2.45, 2.75) is 13.5 Å². The van der Waals surface area contributed by atoms with Crippen molar-refractivity contribution in [2.24, 2.45) is 0 Å². The van der Waals surface area contributed by atoms with Gasteiger partial charge in [0.15, 0.2) is 0 Å². The third kappa shape index (κ3) is 2.85. The summed E-state index contributed by atoms with van der Waals surface area (Å²) in [4.78, 5) is 16.4. The van der Waals surface area contributed by atoms with Gasteiger partial charge in [-0.05, 0) is 49.4 Å². The Morgan fingerprint density at radius 3 is 2.72 bits per heavy atom. The van der Waals surface area contributed by atoms with Gasteiger partial charge in [0.05, 0.1) is 11.2 Å². The van der Waals surface area contributed by atoms with Crippen LogP contribution in [0.15, 0.2) is 55.1 Å². The van der Waals surface area contributed by atoms with Crippen LogP contribution in [0.5, 0.6) is 0 Å². The number of aromatic nitrogens is 6. The molecule has 0 aliphatic carbocycles. The number of fused-ring (bicyclic) bond motifs is 1. The molecule has 2 heterocycles. The number of rotatable bonds is 4. The Balaban J connectivity index is 1.53. The largest absolute Gasteiger partial charge is 0.322 e. The molecule has 8 heteroatoms. The van der Waals surface area contributed by atoms with Gasteiger partial charge in [-0.25, -0.2) is 14.3 Å². The van der Waals surface area contributed by atoms with Crippen molar-refractivity contribution in [1.29, 1.82) is 0 Å². The molecule has 0 bridgehead atoms. The second-order valence-electron chi connectivity index (χ2n) is 5.45. The summed E-state index contributed by atoms with van der Waals surface area (Å²) in [5, 5.41) is 15.1. The Bertz CT molecular complexity index is 1020. The standard InChI is InChI=1S/C17H15N7O/c1-2-23-16-8-3-12(9-15(16)21-22-23)17(25)20-13-4-6-14(7-5-13)24-11-18-10-19-24/h3-11H,2H2,1H3,(H,20,25). The number of nitrogens with one attached hydrogen (secondary N) is 1. The summed E-state index contributed by atoms with van der Waals surface area (Å²) in [6.07, 6.45) is 3.09. The molecule has 25 heavy (non-hydrogen) atoms. The summed E-state index contributed by atoms with van der Waals surface area (Å²) in [6, 6.07) is 12.7. The summed E-state index contributed by atoms with van der Waals surface area (Å²) in [7, 11) is 0. The molecule has 124 valence electrons. The Morgan fingerprint density at radius 2 is 2.00 bits per heavy atom. The summed E-state index contributed by atoms with van der Waals surface area (Å²) in [5.74, 6) is -0.193. The van der Waals surface area contributed by atoms with Crippen molar-refractivity contribution in [3.8, 4) is 5.69 Å².